The van der Waals surface area contributed by atoms with E-state index in [4.69, 9.17) is 0 Å². The van der Waals surface area contributed by atoms with Crippen LogP contribution in [0.25, 0.3) is 0 Å². The summed E-state index contributed by atoms with van der Waals surface area (Å²) in [5.74, 6) is -0.278. The van der Waals surface area contributed by atoms with Crippen LogP contribution in [-0.2, 0) is 16.3 Å². The lowest BCUT2D eigenvalue weighted by Gasteiger charge is -2.19. The van der Waals surface area contributed by atoms with Crippen molar-refractivity contribution in [1.29, 1.82) is 0 Å². The molecule has 1 aromatic rings. The van der Waals surface area contributed by atoms with Gasteiger partial charge in [-0.1, -0.05) is 0 Å². The summed E-state index contributed by atoms with van der Waals surface area (Å²) in [6, 6.07) is 5.15. The molecule has 20 heavy (non-hydrogen) atoms. The minimum absolute atomic E-state index is 0.0504. The van der Waals surface area contributed by atoms with Crippen LogP contribution < -0.4 is 10.6 Å². The van der Waals surface area contributed by atoms with Crippen molar-refractivity contribution in [2.24, 2.45) is 0 Å². The van der Waals surface area contributed by atoms with Crippen molar-refractivity contribution in [2.45, 2.75) is 25.8 Å². The Hall–Kier alpha value is -1.56. The molecule has 0 bridgehead atoms. The normalized spacial score (nSPS) is 15.9. The third-order valence-electron chi connectivity index (χ3n) is 3.24. The molecule has 0 spiro atoms. The van der Waals surface area contributed by atoms with Crippen LogP contribution in [0, 0.1) is 0 Å². The second kappa shape index (κ2) is 5.83. The predicted molar refractivity (Wildman–Crippen MR) is 79.9 cm³/mol. The molecule has 0 radical (unpaired) electrons. The number of sulfone groups is 1. The highest BCUT2D eigenvalue weighted by Crippen LogP contribution is 2.22. The Balaban J connectivity index is 2.06. The zero-order valence-electron chi connectivity index (χ0n) is 11.8. The first kappa shape index (κ1) is 14.8. The van der Waals surface area contributed by atoms with E-state index in [9.17, 15) is 13.2 Å². The van der Waals surface area contributed by atoms with E-state index >= 15 is 0 Å². The molecule has 5 nitrogen and oxygen atoms in total. The second-order valence-electron chi connectivity index (χ2n) is 5.37. The highest BCUT2D eigenvalue weighted by atomic mass is 32.2. The number of amides is 1. The summed E-state index contributed by atoms with van der Waals surface area (Å²) >= 11 is 0. The smallest absolute Gasteiger partial charge is 0.251 e. The highest BCUT2D eigenvalue weighted by Gasteiger charge is 2.16. The summed E-state index contributed by atoms with van der Waals surface area (Å²) in [5.41, 5.74) is 2.80. The molecule has 2 rings (SSSR count). The van der Waals surface area contributed by atoms with E-state index in [0.717, 1.165) is 30.6 Å². The van der Waals surface area contributed by atoms with Gasteiger partial charge < -0.3 is 10.6 Å². The number of nitrogens with one attached hydrogen (secondary N) is 2. The fourth-order valence-corrected chi connectivity index (χ4v) is 3.41. The molecule has 1 aromatic carbocycles. The second-order valence-corrected chi connectivity index (χ2v) is 7.55. The van der Waals surface area contributed by atoms with Crippen LogP contribution in [0.4, 0.5) is 5.69 Å². The fraction of sp³-hybridized carbons (Fsp3) is 0.500. The molecule has 110 valence electrons. The molecular weight excluding hydrogens is 276 g/mol. The van der Waals surface area contributed by atoms with Gasteiger partial charge in [0, 0.05) is 30.1 Å². The van der Waals surface area contributed by atoms with E-state index in [-0.39, 0.29) is 11.7 Å². The van der Waals surface area contributed by atoms with Gasteiger partial charge in [-0.15, -0.1) is 0 Å². The first-order valence-electron chi connectivity index (χ1n) is 6.70. The molecule has 1 heterocycles. The lowest BCUT2D eigenvalue weighted by atomic mass is 10.0. The minimum Gasteiger partial charge on any atom is -0.385 e. The highest BCUT2D eigenvalue weighted by molar-refractivity contribution is 7.90. The van der Waals surface area contributed by atoms with Crippen LogP contribution in [-0.4, -0.2) is 38.9 Å². The van der Waals surface area contributed by atoms with Gasteiger partial charge in [0.25, 0.3) is 5.91 Å². The first-order valence-corrected chi connectivity index (χ1v) is 8.76. The molecule has 0 aromatic heterocycles. The number of fused-ring (bicyclic) bond motifs is 1. The van der Waals surface area contributed by atoms with Gasteiger partial charge in [0.2, 0.25) is 0 Å². The molecule has 6 heteroatoms. The third kappa shape index (κ3) is 3.96. The SMILES string of the molecule is CC(CS(C)(=O)=O)NC(=O)c1ccc2c(c1)CCCN2. The number of hydrogen-bond donors (Lipinski definition) is 2. The topological polar surface area (TPSA) is 75.3 Å². The quantitative estimate of drug-likeness (QED) is 0.875. The standard InChI is InChI=1S/C14H20N2O3S/c1-10(9-20(2,18)19)16-14(17)12-5-6-13-11(8-12)4-3-7-15-13/h5-6,8,10,15H,3-4,7,9H2,1-2H3,(H,16,17). The summed E-state index contributed by atoms with van der Waals surface area (Å²) in [4.78, 5) is 12.1. The van der Waals surface area contributed by atoms with Gasteiger partial charge in [-0.2, -0.15) is 0 Å². The molecule has 1 unspecified atom stereocenters. The monoisotopic (exact) mass is 296 g/mol. The molecule has 1 amide bonds. The van der Waals surface area contributed by atoms with E-state index in [2.05, 4.69) is 10.6 Å². The largest absolute Gasteiger partial charge is 0.385 e. The lowest BCUT2D eigenvalue weighted by Crippen LogP contribution is -2.37. The van der Waals surface area contributed by atoms with Crippen LogP contribution in [0.5, 0.6) is 0 Å². The first-order chi connectivity index (χ1) is 9.35. The van der Waals surface area contributed by atoms with E-state index in [1.54, 1.807) is 13.0 Å². The summed E-state index contributed by atoms with van der Waals surface area (Å²) in [5, 5.41) is 6.01. The van der Waals surface area contributed by atoms with Gasteiger partial charge in [0.15, 0.2) is 0 Å². The van der Waals surface area contributed by atoms with E-state index in [1.165, 1.54) is 6.26 Å². The van der Waals surface area contributed by atoms with Gasteiger partial charge in [0.1, 0.15) is 9.84 Å². The van der Waals surface area contributed by atoms with Crippen molar-refractivity contribution in [3.05, 3.63) is 29.3 Å². The van der Waals surface area contributed by atoms with Crippen LogP contribution >= 0.6 is 0 Å². The molecule has 0 saturated heterocycles. The summed E-state index contributed by atoms with van der Waals surface area (Å²) in [6.07, 6.45) is 3.19. The third-order valence-corrected chi connectivity index (χ3v) is 4.34. The van der Waals surface area contributed by atoms with E-state index in [0.29, 0.717) is 5.56 Å². The van der Waals surface area contributed by atoms with Crippen LogP contribution in [0.15, 0.2) is 18.2 Å². The lowest BCUT2D eigenvalue weighted by molar-refractivity contribution is 0.0943. The maximum Gasteiger partial charge on any atom is 0.251 e. The van der Waals surface area contributed by atoms with Crippen LogP contribution in [0.3, 0.4) is 0 Å². The molecule has 2 N–H and O–H groups in total. The average molecular weight is 296 g/mol. The van der Waals surface area contributed by atoms with Gasteiger partial charge in [-0.05, 0) is 43.5 Å². The minimum atomic E-state index is -3.09. The van der Waals surface area contributed by atoms with Gasteiger partial charge >= 0.3 is 0 Å². The summed E-state index contributed by atoms with van der Waals surface area (Å²) in [7, 11) is -3.09. The Bertz CT molecular complexity index is 611. The van der Waals surface area contributed by atoms with Gasteiger partial charge in [-0.3, -0.25) is 4.79 Å². The van der Waals surface area contributed by atoms with E-state index in [1.807, 2.05) is 12.1 Å². The Morgan fingerprint density at radius 1 is 1.45 bits per heavy atom. The Morgan fingerprint density at radius 3 is 2.90 bits per heavy atom. The zero-order chi connectivity index (χ0) is 14.8. The maximum atomic E-state index is 12.1. The van der Waals surface area contributed by atoms with Crippen molar-refractivity contribution < 1.29 is 13.2 Å². The molecule has 0 fully saturated rings. The fourth-order valence-electron chi connectivity index (χ4n) is 2.42. The molecule has 0 saturated carbocycles. The number of carbonyl (C=O) groups excluding carboxylic acids is 1. The van der Waals surface area contributed by atoms with Crippen molar-refractivity contribution in [3.63, 3.8) is 0 Å². The molecule has 0 aliphatic carbocycles. The Kier molecular flexibility index (Phi) is 4.32. The predicted octanol–water partition coefficient (Wildman–Crippen LogP) is 1.21. The number of anilines is 1. The van der Waals surface area contributed by atoms with E-state index < -0.39 is 15.9 Å². The summed E-state index contributed by atoms with van der Waals surface area (Å²) < 4.78 is 22.4. The van der Waals surface area contributed by atoms with Crippen molar-refractivity contribution in [3.8, 4) is 0 Å². The summed E-state index contributed by atoms with van der Waals surface area (Å²) in [6.45, 7) is 2.66. The zero-order valence-corrected chi connectivity index (χ0v) is 12.6. The number of hydrogen-bond acceptors (Lipinski definition) is 4. The van der Waals surface area contributed by atoms with Crippen LogP contribution in [0.2, 0.25) is 0 Å². The molecular formula is C14H20N2O3S. The molecule has 1 atom stereocenters. The van der Waals surface area contributed by atoms with Gasteiger partial charge in [-0.25, -0.2) is 8.42 Å². The number of carbonyl (C=O) groups is 1. The maximum absolute atomic E-state index is 12.1. The Labute approximate surface area is 119 Å². The number of aryl methyl sites for hydroxylation is 1. The van der Waals surface area contributed by atoms with Gasteiger partial charge in [0.05, 0.1) is 5.75 Å². The van der Waals surface area contributed by atoms with Crippen molar-refractivity contribution >= 4 is 21.4 Å². The molecule has 1 aliphatic heterocycles. The van der Waals surface area contributed by atoms with Crippen molar-refractivity contribution in [2.75, 3.05) is 23.9 Å². The van der Waals surface area contributed by atoms with Crippen molar-refractivity contribution in [1.82, 2.24) is 5.32 Å². The number of rotatable bonds is 4. The molecule has 1 aliphatic rings. The average Bonchev–Trinajstić information content (AvgIpc) is 2.35. The van der Waals surface area contributed by atoms with Crippen LogP contribution in [0.1, 0.15) is 29.3 Å². The Morgan fingerprint density at radius 2 is 2.20 bits per heavy atom. The number of benzene rings is 1.